The van der Waals surface area contributed by atoms with Gasteiger partial charge in [0.25, 0.3) is 0 Å². The largest absolute Gasteiger partial charge is 0.337 e. The van der Waals surface area contributed by atoms with Gasteiger partial charge >= 0.3 is 10.3 Å². The summed E-state index contributed by atoms with van der Waals surface area (Å²) in [4.78, 5) is 0. The van der Waals surface area contributed by atoms with Gasteiger partial charge in [-0.05, 0) is 0 Å². The Hall–Kier alpha value is -0.170. The fourth-order valence-corrected chi connectivity index (χ4v) is 1.26. The summed E-state index contributed by atoms with van der Waals surface area (Å²) in [5.41, 5.74) is 0. The molecule has 0 aromatic heterocycles. The summed E-state index contributed by atoms with van der Waals surface area (Å²) >= 11 is 0. The first-order valence-electron chi connectivity index (χ1n) is 2.54. The number of nitrogens with zero attached hydrogens (tertiary/aromatic N) is 1. The van der Waals surface area contributed by atoms with Crippen molar-refractivity contribution in [2.24, 2.45) is 0 Å². The molecule has 1 fully saturated rings. The van der Waals surface area contributed by atoms with Gasteiger partial charge in [-0.2, -0.15) is 12.7 Å². The SMILES string of the molecule is O=S(=O)(O)N1CCNC1. The third-order valence-electron chi connectivity index (χ3n) is 1.15. The van der Waals surface area contributed by atoms with Gasteiger partial charge in [0.15, 0.2) is 0 Å². The molecule has 6 heteroatoms. The van der Waals surface area contributed by atoms with E-state index in [4.69, 9.17) is 4.55 Å². The highest BCUT2D eigenvalue weighted by atomic mass is 32.2. The molecule has 2 N–H and O–H groups in total. The standard InChI is InChI=1S/C3H8N2O3S/c6-9(7,8)5-2-1-4-3-5/h4H,1-3H2,(H,6,7,8). The first-order valence-corrected chi connectivity index (χ1v) is 3.94. The first-order chi connectivity index (χ1) is 4.11. The van der Waals surface area contributed by atoms with Crippen molar-refractivity contribution in [3.8, 4) is 0 Å². The molecule has 0 spiro atoms. The second-order valence-electron chi connectivity index (χ2n) is 1.81. The Balaban J connectivity index is 2.63. The Kier molecular flexibility index (Phi) is 1.71. The smallest absolute Gasteiger partial charge is 0.302 e. The Morgan fingerprint density at radius 2 is 2.22 bits per heavy atom. The van der Waals surface area contributed by atoms with Gasteiger partial charge in [0.1, 0.15) is 0 Å². The summed E-state index contributed by atoms with van der Waals surface area (Å²) in [6.45, 7) is 1.19. The van der Waals surface area contributed by atoms with Crippen LogP contribution in [0.2, 0.25) is 0 Å². The number of rotatable bonds is 1. The number of nitrogens with one attached hydrogen (secondary N) is 1. The molecule has 0 saturated carbocycles. The van der Waals surface area contributed by atoms with Crippen LogP contribution < -0.4 is 5.32 Å². The highest BCUT2D eigenvalue weighted by Gasteiger charge is 2.21. The van der Waals surface area contributed by atoms with Gasteiger partial charge < -0.3 is 5.32 Å². The normalized spacial score (nSPS) is 22.8. The Morgan fingerprint density at radius 1 is 1.56 bits per heavy atom. The first kappa shape index (κ1) is 6.94. The Labute approximate surface area is 53.5 Å². The summed E-state index contributed by atoms with van der Waals surface area (Å²) in [5.74, 6) is 0. The van der Waals surface area contributed by atoms with Crippen molar-refractivity contribution >= 4 is 10.3 Å². The summed E-state index contributed by atoms with van der Waals surface area (Å²) in [7, 11) is -3.93. The van der Waals surface area contributed by atoms with E-state index in [-0.39, 0.29) is 6.67 Å². The molecule has 0 aromatic carbocycles. The van der Waals surface area contributed by atoms with Gasteiger partial charge in [0.2, 0.25) is 0 Å². The zero-order valence-corrected chi connectivity index (χ0v) is 5.56. The lowest BCUT2D eigenvalue weighted by atomic mass is 10.7. The van der Waals surface area contributed by atoms with E-state index in [0.717, 1.165) is 4.31 Å². The number of hydrogen-bond acceptors (Lipinski definition) is 3. The molecule has 1 aliphatic heterocycles. The molecule has 0 atom stereocenters. The molecule has 1 rings (SSSR count). The summed E-state index contributed by atoms with van der Waals surface area (Å²) in [5, 5.41) is 2.77. The zero-order valence-electron chi connectivity index (χ0n) is 4.74. The predicted octanol–water partition coefficient (Wildman–Crippen LogP) is -1.35. The molecule has 1 heterocycles. The predicted molar refractivity (Wildman–Crippen MR) is 31.1 cm³/mol. The molecule has 9 heavy (non-hydrogen) atoms. The van der Waals surface area contributed by atoms with Crippen molar-refractivity contribution in [3.63, 3.8) is 0 Å². The molecule has 5 nitrogen and oxygen atoms in total. The average molecular weight is 152 g/mol. The van der Waals surface area contributed by atoms with Gasteiger partial charge in [0.05, 0.1) is 6.67 Å². The maximum Gasteiger partial charge on any atom is 0.337 e. The zero-order chi connectivity index (χ0) is 6.91. The van der Waals surface area contributed by atoms with Crippen molar-refractivity contribution < 1.29 is 13.0 Å². The van der Waals surface area contributed by atoms with E-state index < -0.39 is 10.3 Å². The van der Waals surface area contributed by atoms with Crippen LogP contribution in [0.5, 0.6) is 0 Å². The van der Waals surface area contributed by atoms with Gasteiger partial charge in [-0.1, -0.05) is 0 Å². The van der Waals surface area contributed by atoms with Crippen LogP contribution >= 0.6 is 0 Å². The van der Waals surface area contributed by atoms with Crippen molar-refractivity contribution in [2.75, 3.05) is 19.8 Å². The van der Waals surface area contributed by atoms with E-state index >= 15 is 0 Å². The van der Waals surface area contributed by atoms with Crippen molar-refractivity contribution in [3.05, 3.63) is 0 Å². The minimum absolute atomic E-state index is 0.221. The molecule has 1 saturated heterocycles. The van der Waals surface area contributed by atoms with Crippen LogP contribution in [0.15, 0.2) is 0 Å². The quantitative estimate of drug-likeness (QED) is 0.456. The molecule has 0 amide bonds. The molecule has 0 aliphatic carbocycles. The van der Waals surface area contributed by atoms with Crippen molar-refractivity contribution in [1.29, 1.82) is 0 Å². The minimum atomic E-state index is -3.93. The molecule has 0 bridgehead atoms. The summed E-state index contributed by atoms with van der Waals surface area (Å²) < 4.78 is 29.9. The molecule has 54 valence electrons. The number of hydrogen-bond donors (Lipinski definition) is 2. The van der Waals surface area contributed by atoms with Gasteiger partial charge in [-0.25, -0.2) is 0 Å². The lowest BCUT2D eigenvalue weighted by Crippen LogP contribution is -2.28. The van der Waals surface area contributed by atoms with E-state index in [0.29, 0.717) is 13.1 Å². The molecular weight excluding hydrogens is 144 g/mol. The van der Waals surface area contributed by atoms with E-state index in [1.54, 1.807) is 0 Å². The van der Waals surface area contributed by atoms with Crippen LogP contribution in [-0.2, 0) is 10.3 Å². The molecule has 0 aromatic rings. The van der Waals surface area contributed by atoms with Crippen LogP contribution in [-0.4, -0.2) is 37.0 Å². The minimum Gasteiger partial charge on any atom is -0.302 e. The highest BCUT2D eigenvalue weighted by molar-refractivity contribution is 7.83. The highest BCUT2D eigenvalue weighted by Crippen LogP contribution is 1.97. The topological polar surface area (TPSA) is 69.6 Å². The van der Waals surface area contributed by atoms with Crippen molar-refractivity contribution in [1.82, 2.24) is 9.62 Å². The van der Waals surface area contributed by atoms with Gasteiger partial charge in [-0.15, -0.1) is 0 Å². The van der Waals surface area contributed by atoms with Crippen LogP contribution in [0.4, 0.5) is 0 Å². The Bertz CT molecular complexity index is 181. The molecule has 1 aliphatic rings. The average Bonchev–Trinajstić information content (AvgIpc) is 2.08. The third-order valence-corrected chi connectivity index (χ3v) is 2.12. The van der Waals surface area contributed by atoms with Gasteiger partial charge in [0, 0.05) is 13.1 Å². The lowest BCUT2D eigenvalue weighted by molar-refractivity contribution is 0.388. The Morgan fingerprint density at radius 3 is 2.44 bits per heavy atom. The second-order valence-corrected chi connectivity index (χ2v) is 3.22. The van der Waals surface area contributed by atoms with E-state index in [1.807, 2.05) is 0 Å². The molecule has 0 radical (unpaired) electrons. The van der Waals surface area contributed by atoms with E-state index in [1.165, 1.54) is 0 Å². The molecular formula is C3H8N2O3S. The fraction of sp³-hybridized carbons (Fsp3) is 1.00. The van der Waals surface area contributed by atoms with E-state index in [9.17, 15) is 8.42 Å². The lowest BCUT2D eigenvalue weighted by Gasteiger charge is -2.06. The van der Waals surface area contributed by atoms with Gasteiger partial charge in [-0.3, -0.25) is 4.55 Å². The van der Waals surface area contributed by atoms with E-state index in [2.05, 4.69) is 5.32 Å². The van der Waals surface area contributed by atoms with Crippen LogP contribution in [0.25, 0.3) is 0 Å². The van der Waals surface area contributed by atoms with Crippen molar-refractivity contribution in [2.45, 2.75) is 0 Å². The summed E-state index contributed by atoms with van der Waals surface area (Å²) in [6, 6.07) is 0. The second kappa shape index (κ2) is 2.22. The summed E-state index contributed by atoms with van der Waals surface area (Å²) in [6.07, 6.45) is 0. The van der Waals surface area contributed by atoms with Crippen LogP contribution in [0, 0.1) is 0 Å². The molecule has 0 unspecified atom stereocenters. The maximum absolute atomic E-state index is 10.3. The monoisotopic (exact) mass is 152 g/mol. The van der Waals surface area contributed by atoms with Crippen LogP contribution in [0.1, 0.15) is 0 Å². The van der Waals surface area contributed by atoms with Crippen LogP contribution in [0.3, 0.4) is 0 Å². The third kappa shape index (κ3) is 1.62. The maximum atomic E-state index is 10.3. The fourth-order valence-electron chi connectivity index (χ4n) is 0.684.